The molecule has 3 rings (SSSR count). The fourth-order valence-electron chi connectivity index (χ4n) is 2.67. The number of hydrogen-bond acceptors (Lipinski definition) is 7. The number of hydrogen-bond donors (Lipinski definition) is 1. The number of nitrogens with one attached hydrogen (secondary N) is 1. The zero-order chi connectivity index (χ0) is 21.7. The van der Waals surface area contributed by atoms with Gasteiger partial charge in [-0.25, -0.2) is 17.9 Å². The van der Waals surface area contributed by atoms with E-state index in [1.165, 1.54) is 42.1 Å². The van der Waals surface area contributed by atoms with Crippen molar-refractivity contribution < 1.29 is 22.7 Å². The van der Waals surface area contributed by atoms with Crippen molar-refractivity contribution in [3.63, 3.8) is 0 Å². The van der Waals surface area contributed by atoms with Crippen LogP contribution in [0.5, 0.6) is 0 Å². The molecular weight excluding hydrogens is 408 g/mol. The first kappa shape index (κ1) is 21.2. The molecule has 0 aliphatic heterocycles. The fourth-order valence-corrected chi connectivity index (χ4v) is 3.23. The third kappa shape index (κ3) is 5.74. The number of carbonyl (C=O) groups excluding carboxylic acids is 2. The molecule has 0 aliphatic rings. The summed E-state index contributed by atoms with van der Waals surface area (Å²) in [5.74, 6) is -1.18. The van der Waals surface area contributed by atoms with Gasteiger partial charge in [-0.05, 0) is 36.8 Å². The Labute approximate surface area is 173 Å². The minimum atomic E-state index is -3.41. The number of aromatic nitrogens is 3. The van der Waals surface area contributed by atoms with Gasteiger partial charge in [0.05, 0.1) is 19.0 Å². The number of nitrogens with zero attached hydrogens (tertiary/aromatic N) is 3. The highest BCUT2D eigenvalue weighted by Gasteiger charge is 2.22. The van der Waals surface area contributed by atoms with Crippen LogP contribution in [0.1, 0.15) is 33.3 Å². The topological polar surface area (TPSA) is 120 Å². The van der Waals surface area contributed by atoms with Crippen LogP contribution in [-0.2, 0) is 21.3 Å². The molecule has 10 heteroatoms. The average molecular weight is 428 g/mol. The first-order valence-electron chi connectivity index (χ1n) is 8.98. The fraction of sp³-hybridized carbons (Fsp3) is 0.200. The highest BCUT2D eigenvalue weighted by molar-refractivity contribution is 7.92. The highest BCUT2D eigenvalue weighted by atomic mass is 32.2. The second kappa shape index (κ2) is 8.87. The predicted molar refractivity (Wildman–Crippen MR) is 110 cm³/mol. The Morgan fingerprint density at radius 1 is 1.10 bits per heavy atom. The van der Waals surface area contributed by atoms with E-state index in [4.69, 9.17) is 4.74 Å². The van der Waals surface area contributed by atoms with Crippen molar-refractivity contribution >= 4 is 27.5 Å². The standard InChI is InChI=1S/C20H20N4O5S/c1-14(19(25)16-8-10-17(11-9-16)22-30(2,27)28)29-20(26)18-13-24(23-21-18)12-15-6-4-3-5-7-15/h3-11,13-14,22H,12H2,1-2H3. The Kier molecular flexibility index (Phi) is 6.26. The zero-order valence-corrected chi connectivity index (χ0v) is 17.2. The van der Waals surface area contributed by atoms with E-state index in [0.29, 0.717) is 12.2 Å². The van der Waals surface area contributed by atoms with Gasteiger partial charge in [-0.3, -0.25) is 9.52 Å². The van der Waals surface area contributed by atoms with E-state index in [0.717, 1.165) is 11.8 Å². The number of benzene rings is 2. The smallest absolute Gasteiger partial charge is 0.361 e. The summed E-state index contributed by atoms with van der Waals surface area (Å²) in [6, 6.07) is 15.4. The van der Waals surface area contributed by atoms with Crippen LogP contribution >= 0.6 is 0 Å². The number of ether oxygens (including phenoxy) is 1. The highest BCUT2D eigenvalue weighted by Crippen LogP contribution is 2.14. The number of esters is 1. The molecule has 0 saturated heterocycles. The zero-order valence-electron chi connectivity index (χ0n) is 16.3. The molecule has 0 spiro atoms. The minimum absolute atomic E-state index is 0.00159. The molecule has 1 N–H and O–H groups in total. The number of anilines is 1. The molecule has 1 atom stereocenters. The van der Waals surface area contributed by atoms with Gasteiger partial charge >= 0.3 is 5.97 Å². The molecule has 3 aromatic rings. The van der Waals surface area contributed by atoms with E-state index in [2.05, 4.69) is 15.0 Å². The van der Waals surface area contributed by atoms with Crippen LogP contribution in [0.2, 0.25) is 0 Å². The van der Waals surface area contributed by atoms with Gasteiger partial charge in [0.2, 0.25) is 15.8 Å². The van der Waals surface area contributed by atoms with Crippen molar-refractivity contribution in [3.05, 3.63) is 77.6 Å². The molecule has 1 aromatic heterocycles. The summed E-state index contributed by atoms with van der Waals surface area (Å²) in [5.41, 5.74) is 1.61. The molecule has 0 fully saturated rings. The van der Waals surface area contributed by atoms with Gasteiger partial charge in [-0.2, -0.15) is 0 Å². The monoisotopic (exact) mass is 428 g/mol. The average Bonchev–Trinajstić information content (AvgIpc) is 3.16. The van der Waals surface area contributed by atoms with Crippen LogP contribution in [0.3, 0.4) is 0 Å². The first-order valence-corrected chi connectivity index (χ1v) is 10.9. The molecule has 30 heavy (non-hydrogen) atoms. The second-order valence-corrected chi connectivity index (χ2v) is 8.40. The molecule has 0 bridgehead atoms. The second-order valence-electron chi connectivity index (χ2n) is 6.65. The normalized spacial score (nSPS) is 12.2. The van der Waals surface area contributed by atoms with E-state index < -0.39 is 27.9 Å². The lowest BCUT2D eigenvalue weighted by Crippen LogP contribution is -2.24. The summed E-state index contributed by atoms with van der Waals surface area (Å²) < 4.78 is 31.5. The van der Waals surface area contributed by atoms with Crippen LogP contribution in [0.25, 0.3) is 0 Å². The van der Waals surface area contributed by atoms with E-state index >= 15 is 0 Å². The van der Waals surface area contributed by atoms with Gasteiger partial charge in [0.1, 0.15) is 0 Å². The Hall–Kier alpha value is -3.53. The Balaban J connectivity index is 1.60. The van der Waals surface area contributed by atoms with Crippen molar-refractivity contribution in [1.82, 2.24) is 15.0 Å². The van der Waals surface area contributed by atoms with E-state index in [-0.39, 0.29) is 11.3 Å². The Morgan fingerprint density at radius 2 is 1.77 bits per heavy atom. The summed E-state index contributed by atoms with van der Waals surface area (Å²) in [6.07, 6.45) is 1.44. The number of carbonyl (C=O) groups is 2. The maximum absolute atomic E-state index is 12.5. The third-order valence-electron chi connectivity index (χ3n) is 4.06. The van der Waals surface area contributed by atoms with E-state index in [1.54, 1.807) is 0 Å². The molecule has 1 unspecified atom stereocenters. The van der Waals surface area contributed by atoms with Crippen LogP contribution in [-0.4, -0.2) is 47.5 Å². The molecule has 2 aromatic carbocycles. The molecule has 0 amide bonds. The van der Waals surface area contributed by atoms with Crippen LogP contribution in [0, 0.1) is 0 Å². The Morgan fingerprint density at radius 3 is 2.40 bits per heavy atom. The quantitative estimate of drug-likeness (QED) is 0.431. The number of sulfonamides is 1. The maximum atomic E-state index is 12.5. The number of ketones is 1. The molecule has 9 nitrogen and oxygen atoms in total. The lowest BCUT2D eigenvalue weighted by Gasteiger charge is -2.12. The summed E-state index contributed by atoms with van der Waals surface area (Å²) >= 11 is 0. The van der Waals surface area contributed by atoms with E-state index in [1.807, 2.05) is 30.3 Å². The van der Waals surface area contributed by atoms with Crippen LogP contribution < -0.4 is 4.72 Å². The molecule has 0 saturated carbocycles. The van der Waals surface area contributed by atoms with Crippen molar-refractivity contribution in [2.75, 3.05) is 11.0 Å². The third-order valence-corrected chi connectivity index (χ3v) is 4.67. The summed E-state index contributed by atoms with van der Waals surface area (Å²) in [5, 5.41) is 7.71. The molecule has 1 heterocycles. The van der Waals surface area contributed by atoms with Crippen LogP contribution in [0.15, 0.2) is 60.8 Å². The molecule has 156 valence electrons. The van der Waals surface area contributed by atoms with Crippen molar-refractivity contribution in [2.24, 2.45) is 0 Å². The van der Waals surface area contributed by atoms with Gasteiger partial charge in [-0.15, -0.1) is 5.10 Å². The summed E-state index contributed by atoms with van der Waals surface area (Å²) in [4.78, 5) is 24.8. The van der Waals surface area contributed by atoms with E-state index in [9.17, 15) is 18.0 Å². The SMILES string of the molecule is CC(OC(=O)c1cn(Cc2ccccc2)nn1)C(=O)c1ccc(NS(C)(=O)=O)cc1. The molecule has 0 radical (unpaired) electrons. The van der Waals surface area contributed by atoms with Crippen molar-refractivity contribution in [1.29, 1.82) is 0 Å². The number of rotatable bonds is 8. The lowest BCUT2D eigenvalue weighted by molar-refractivity contribution is 0.0313. The largest absolute Gasteiger partial charge is 0.449 e. The molecule has 0 aliphatic carbocycles. The first-order chi connectivity index (χ1) is 14.2. The Bertz CT molecular complexity index is 1140. The van der Waals surface area contributed by atoms with Gasteiger partial charge in [0.25, 0.3) is 0 Å². The van der Waals surface area contributed by atoms with Gasteiger partial charge < -0.3 is 4.74 Å². The summed E-state index contributed by atoms with van der Waals surface area (Å²) in [6.45, 7) is 1.90. The molecular formula is C20H20N4O5S. The van der Waals surface area contributed by atoms with Gasteiger partial charge in [-0.1, -0.05) is 35.5 Å². The van der Waals surface area contributed by atoms with Crippen molar-refractivity contribution in [3.8, 4) is 0 Å². The van der Waals surface area contributed by atoms with Gasteiger partial charge in [0, 0.05) is 11.3 Å². The van der Waals surface area contributed by atoms with Gasteiger partial charge in [0.15, 0.2) is 11.8 Å². The van der Waals surface area contributed by atoms with Crippen LogP contribution in [0.4, 0.5) is 5.69 Å². The number of Topliss-reactive ketones (excluding diaryl/α,β-unsaturated/α-hetero) is 1. The lowest BCUT2D eigenvalue weighted by atomic mass is 10.1. The minimum Gasteiger partial charge on any atom is -0.449 e. The van der Waals surface area contributed by atoms with Crippen molar-refractivity contribution in [2.45, 2.75) is 19.6 Å². The summed E-state index contributed by atoms with van der Waals surface area (Å²) in [7, 11) is -3.41. The maximum Gasteiger partial charge on any atom is 0.361 e. The predicted octanol–water partition coefficient (Wildman–Crippen LogP) is 2.13.